The van der Waals surface area contributed by atoms with Crippen molar-refractivity contribution in [1.29, 1.82) is 0 Å². The monoisotopic (exact) mass is 350 g/mol. The van der Waals surface area contributed by atoms with Crippen LogP contribution in [0.3, 0.4) is 0 Å². The van der Waals surface area contributed by atoms with Crippen LogP contribution in [-0.4, -0.2) is 39.9 Å². The van der Waals surface area contributed by atoms with Crippen LogP contribution in [0.1, 0.15) is 72.5 Å². The van der Waals surface area contributed by atoms with Crippen LogP contribution in [-0.2, 0) is 20.5 Å². The normalized spacial score (nSPS) is 19.0. The first kappa shape index (κ1) is 19.4. The molecule has 1 aliphatic heterocycles. The van der Waals surface area contributed by atoms with Crippen LogP contribution >= 0.6 is 0 Å². The average molecular weight is 350 g/mol. The van der Waals surface area contributed by atoms with Crippen LogP contribution in [0.4, 0.5) is 0 Å². The summed E-state index contributed by atoms with van der Waals surface area (Å²) in [7, 11) is 0. The summed E-state index contributed by atoms with van der Waals surface area (Å²) < 4.78 is 5.34. The Bertz CT molecular complexity index is 631. The molecule has 1 atom stereocenters. The summed E-state index contributed by atoms with van der Waals surface area (Å²) in [4.78, 5) is 30.8. The Balaban J connectivity index is 2.05. The lowest BCUT2D eigenvalue weighted by atomic mass is 9.94. The molecule has 0 aromatic carbocycles. The molecule has 0 bridgehead atoms. The number of amides is 2. The first-order chi connectivity index (χ1) is 11.5. The molecule has 0 spiro atoms. The van der Waals surface area contributed by atoms with Crippen molar-refractivity contribution in [3.63, 3.8) is 0 Å². The highest BCUT2D eigenvalue weighted by atomic mass is 16.5. The molecule has 2 heterocycles. The van der Waals surface area contributed by atoms with Gasteiger partial charge in [-0.15, -0.1) is 0 Å². The van der Waals surface area contributed by atoms with Crippen molar-refractivity contribution in [1.82, 2.24) is 20.4 Å². The van der Waals surface area contributed by atoms with E-state index >= 15 is 0 Å². The number of rotatable bonds is 4. The number of likely N-dealkylation sites (tertiary alicyclic amines) is 1. The Hall–Kier alpha value is -1.92. The van der Waals surface area contributed by atoms with Gasteiger partial charge in [-0.1, -0.05) is 32.9 Å². The van der Waals surface area contributed by atoms with E-state index in [-0.39, 0.29) is 23.1 Å². The lowest BCUT2D eigenvalue weighted by Crippen LogP contribution is -2.50. The zero-order valence-corrected chi connectivity index (χ0v) is 16.2. The number of nitrogens with one attached hydrogen (secondary N) is 1. The molecule has 2 amide bonds. The SMILES string of the molecule is CCC(=O)N1CCCC(C(=O)NC(C)(C)c2noc(C(C)(C)C)n2)C1. The molecule has 1 aromatic heterocycles. The lowest BCUT2D eigenvalue weighted by molar-refractivity contribution is -0.136. The van der Waals surface area contributed by atoms with Gasteiger partial charge in [0.15, 0.2) is 5.82 Å². The van der Waals surface area contributed by atoms with E-state index in [2.05, 4.69) is 15.5 Å². The largest absolute Gasteiger partial charge is 0.343 e. The maximum Gasteiger partial charge on any atom is 0.232 e. The Morgan fingerprint density at radius 3 is 2.52 bits per heavy atom. The number of nitrogens with zero attached hydrogens (tertiary/aromatic N) is 3. The minimum atomic E-state index is -0.735. The highest BCUT2D eigenvalue weighted by molar-refractivity contribution is 5.81. The minimum Gasteiger partial charge on any atom is -0.343 e. The molecule has 7 heteroatoms. The summed E-state index contributed by atoms with van der Waals surface area (Å²) in [6, 6.07) is 0. The minimum absolute atomic E-state index is 0.0688. The molecule has 1 unspecified atom stereocenters. The molecule has 1 N–H and O–H groups in total. The first-order valence-electron chi connectivity index (χ1n) is 8.99. The van der Waals surface area contributed by atoms with E-state index in [1.807, 2.05) is 41.5 Å². The fraction of sp³-hybridized carbons (Fsp3) is 0.778. The van der Waals surface area contributed by atoms with Crippen LogP contribution < -0.4 is 5.32 Å². The van der Waals surface area contributed by atoms with E-state index in [4.69, 9.17) is 4.52 Å². The second kappa shape index (κ2) is 7.14. The van der Waals surface area contributed by atoms with Gasteiger partial charge in [-0.25, -0.2) is 0 Å². The maximum absolute atomic E-state index is 12.7. The summed E-state index contributed by atoms with van der Waals surface area (Å²) in [5.74, 6) is 0.841. The number of carbonyl (C=O) groups excluding carboxylic acids is 2. The zero-order chi connectivity index (χ0) is 18.8. The Morgan fingerprint density at radius 2 is 1.96 bits per heavy atom. The summed E-state index contributed by atoms with van der Waals surface area (Å²) in [6.07, 6.45) is 2.10. The molecule has 1 fully saturated rings. The van der Waals surface area contributed by atoms with E-state index in [1.165, 1.54) is 0 Å². The van der Waals surface area contributed by atoms with E-state index in [1.54, 1.807) is 4.90 Å². The van der Waals surface area contributed by atoms with E-state index in [0.717, 1.165) is 19.4 Å². The van der Waals surface area contributed by atoms with Gasteiger partial charge >= 0.3 is 0 Å². The molecule has 25 heavy (non-hydrogen) atoms. The van der Waals surface area contributed by atoms with Gasteiger partial charge in [-0.2, -0.15) is 4.98 Å². The predicted molar refractivity (Wildman–Crippen MR) is 93.8 cm³/mol. The molecule has 0 saturated carbocycles. The fourth-order valence-corrected chi connectivity index (χ4v) is 2.89. The molecule has 7 nitrogen and oxygen atoms in total. The van der Waals surface area contributed by atoms with Gasteiger partial charge < -0.3 is 14.7 Å². The molecular weight excluding hydrogens is 320 g/mol. The molecule has 1 aromatic rings. The number of hydrogen-bond donors (Lipinski definition) is 1. The second-order valence-electron chi connectivity index (χ2n) is 8.32. The van der Waals surface area contributed by atoms with Crippen LogP contribution in [0.5, 0.6) is 0 Å². The van der Waals surface area contributed by atoms with Gasteiger partial charge in [0.1, 0.15) is 0 Å². The summed E-state index contributed by atoms with van der Waals surface area (Å²) in [5, 5.41) is 7.07. The van der Waals surface area contributed by atoms with Crippen LogP contribution in [0, 0.1) is 5.92 Å². The predicted octanol–water partition coefficient (Wildman–Crippen LogP) is 2.37. The number of carbonyl (C=O) groups is 2. The molecule has 1 saturated heterocycles. The topological polar surface area (TPSA) is 88.3 Å². The van der Waals surface area contributed by atoms with Crippen molar-refractivity contribution >= 4 is 11.8 Å². The van der Waals surface area contributed by atoms with Crippen LogP contribution in [0.25, 0.3) is 0 Å². The summed E-state index contributed by atoms with van der Waals surface area (Å²) >= 11 is 0. The summed E-state index contributed by atoms with van der Waals surface area (Å²) in [6.45, 7) is 12.8. The Labute approximate surface area is 149 Å². The van der Waals surface area contributed by atoms with Gasteiger partial charge in [0, 0.05) is 24.9 Å². The van der Waals surface area contributed by atoms with Crippen LogP contribution in [0.15, 0.2) is 4.52 Å². The molecule has 1 aliphatic rings. The van der Waals surface area contributed by atoms with Gasteiger partial charge in [0.05, 0.1) is 11.5 Å². The zero-order valence-electron chi connectivity index (χ0n) is 16.2. The Kier molecular flexibility index (Phi) is 5.54. The average Bonchev–Trinajstić information content (AvgIpc) is 3.05. The number of hydrogen-bond acceptors (Lipinski definition) is 5. The molecule has 2 rings (SSSR count). The summed E-state index contributed by atoms with van der Waals surface area (Å²) in [5.41, 5.74) is -0.975. The van der Waals surface area contributed by atoms with Gasteiger partial charge in [-0.05, 0) is 26.7 Å². The van der Waals surface area contributed by atoms with Gasteiger partial charge in [0.25, 0.3) is 0 Å². The lowest BCUT2D eigenvalue weighted by Gasteiger charge is -2.33. The van der Waals surface area contributed by atoms with Crippen molar-refractivity contribution < 1.29 is 14.1 Å². The van der Waals surface area contributed by atoms with Crippen molar-refractivity contribution in [2.45, 2.75) is 71.8 Å². The third kappa shape index (κ3) is 4.58. The van der Waals surface area contributed by atoms with E-state index in [0.29, 0.717) is 24.7 Å². The highest BCUT2D eigenvalue weighted by Gasteiger charge is 2.35. The third-order valence-electron chi connectivity index (χ3n) is 4.51. The van der Waals surface area contributed by atoms with Gasteiger partial charge in [0.2, 0.25) is 17.7 Å². The van der Waals surface area contributed by atoms with Crippen molar-refractivity contribution in [3.05, 3.63) is 11.7 Å². The van der Waals surface area contributed by atoms with E-state index < -0.39 is 5.54 Å². The molecule has 0 radical (unpaired) electrons. The second-order valence-corrected chi connectivity index (χ2v) is 8.32. The molecular formula is C18H30N4O3. The highest BCUT2D eigenvalue weighted by Crippen LogP contribution is 2.25. The van der Waals surface area contributed by atoms with Gasteiger partial charge in [-0.3, -0.25) is 9.59 Å². The van der Waals surface area contributed by atoms with Crippen molar-refractivity contribution in [2.75, 3.05) is 13.1 Å². The third-order valence-corrected chi connectivity index (χ3v) is 4.51. The maximum atomic E-state index is 12.7. The quantitative estimate of drug-likeness (QED) is 0.900. The van der Waals surface area contributed by atoms with E-state index in [9.17, 15) is 9.59 Å². The first-order valence-corrected chi connectivity index (χ1v) is 8.99. The molecule has 0 aliphatic carbocycles. The smallest absolute Gasteiger partial charge is 0.232 e. The Morgan fingerprint density at radius 1 is 1.28 bits per heavy atom. The number of piperidine rings is 1. The fourth-order valence-electron chi connectivity index (χ4n) is 2.89. The van der Waals surface area contributed by atoms with Crippen molar-refractivity contribution in [3.8, 4) is 0 Å². The number of aromatic nitrogens is 2. The molecule has 140 valence electrons. The van der Waals surface area contributed by atoms with Crippen molar-refractivity contribution in [2.24, 2.45) is 5.92 Å². The van der Waals surface area contributed by atoms with Crippen LogP contribution in [0.2, 0.25) is 0 Å². The standard InChI is InChI=1S/C18H30N4O3/c1-7-13(23)22-10-8-9-12(11-22)14(24)20-18(5,6)15-19-16(25-21-15)17(2,3)4/h12H,7-11H2,1-6H3,(H,20,24).